The SMILES string of the molecule is CC(=O)NCCc1ccc(S(=O)(=O)N[C@](C)(C=O)c2c(C)n[nH]c2C)cc1. The molecule has 146 valence electrons. The third kappa shape index (κ3) is 4.81. The summed E-state index contributed by atoms with van der Waals surface area (Å²) in [5.41, 5.74) is 1.14. The number of carbonyl (C=O) groups is 2. The van der Waals surface area contributed by atoms with E-state index in [1.165, 1.54) is 26.0 Å². The van der Waals surface area contributed by atoms with Gasteiger partial charge in [-0.2, -0.15) is 9.82 Å². The molecule has 1 heterocycles. The summed E-state index contributed by atoms with van der Waals surface area (Å²) < 4.78 is 28.0. The van der Waals surface area contributed by atoms with Gasteiger partial charge in [0.1, 0.15) is 11.8 Å². The fourth-order valence-electron chi connectivity index (χ4n) is 3.01. The molecule has 8 nitrogen and oxygen atoms in total. The number of carbonyl (C=O) groups excluding carboxylic acids is 2. The topological polar surface area (TPSA) is 121 Å². The van der Waals surface area contributed by atoms with Crippen molar-refractivity contribution in [3.8, 4) is 0 Å². The lowest BCUT2D eigenvalue weighted by atomic mass is 9.93. The summed E-state index contributed by atoms with van der Waals surface area (Å²) >= 11 is 0. The highest BCUT2D eigenvalue weighted by molar-refractivity contribution is 7.89. The second kappa shape index (κ2) is 8.01. The third-order valence-corrected chi connectivity index (χ3v) is 5.84. The number of aromatic nitrogens is 2. The predicted octanol–water partition coefficient (Wildman–Crippen LogP) is 1.10. The molecule has 3 N–H and O–H groups in total. The number of rotatable bonds is 8. The Hall–Kier alpha value is -2.52. The molecule has 9 heteroatoms. The molecular weight excluding hydrogens is 368 g/mol. The normalized spacial score (nSPS) is 13.8. The standard InChI is InChI=1S/C18H24N4O4S/c1-12-17(13(2)21-20-12)18(4,11-23)22-27(25,26)16-7-5-15(6-8-16)9-10-19-14(3)24/h5-8,11,22H,9-10H2,1-4H3,(H,19,24)(H,20,21)/t18-/m1/s1. The van der Waals surface area contributed by atoms with Gasteiger partial charge in [-0.05, 0) is 44.9 Å². The molecule has 0 radical (unpaired) electrons. The van der Waals surface area contributed by atoms with E-state index in [1.807, 2.05) is 0 Å². The summed E-state index contributed by atoms with van der Waals surface area (Å²) in [5.74, 6) is -0.114. The molecule has 1 atom stereocenters. The summed E-state index contributed by atoms with van der Waals surface area (Å²) in [6.45, 7) is 6.86. The number of aryl methyl sites for hydroxylation is 2. The van der Waals surface area contributed by atoms with E-state index in [4.69, 9.17) is 0 Å². The molecule has 0 spiro atoms. The number of sulfonamides is 1. The molecule has 27 heavy (non-hydrogen) atoms. The lowest BCUT2D eigenvalue weighted by Gasteiger charge is -2.25. The molecule has 1 amide bonds. The highest BCUT2D eigenvalue weighted by Gasteiger charge is 2.36. The largest absolute Gasteiger partial charge is 0.356 e. The first kappa shape index (κ1) is 20.8. The number of benzene rings is 1. The van der Waals surface area contributed by atoms with Crippen molar-refractivity contribution in [2.24, 2.45) is 0 Å². The monoisotopic (exact) mass is 392 g/mol. The molecule has 0 aliphatic rings. The van der Waals surface area contributed by atoms with Gasteiger partial charge in [0.2, 0.25) is 15.9 Å². The lowest BCUT2D eigenvalue weighted by Crippen LogP contribution is -2.45. The van der Waals surface area contributed by atoms with E-state index in [9.17, 15) is 18.0 Å². The van der Waals surface area contributed by atoms with E-state index < -0.39 is 15.6 Å². The van der Waals surface area contributed by atoms with Gasteiger partial charge in [-0.3, -0.25) is 9.89 Å². The first-order valence-electron chi connectivity index (χ1n) is 8.45. The molecule has 0 aliphatic heterocycles. The highest BCUT2D eigenvalue weighted by Crippen LogP contribution is 2.26. The number of hydrogen-bond donors (Lipinski definition) is 3. The Labute approximate surface area is 158 Å². The molecule has 0 unspecified atom stereocenters. The molecule has 2 rings (SSSR count). The van der Waals surface area contributed by atoms with Crippen LogP contribution in [-0.4, -0.2) is 37.4 Å². The van der Waals surface area contributed by atoms with Crippen molar-refractivity contribution in [2.75, 3.05) is 6.54 Å². The quantitative estimate of drug-likeness (QED) is 0.581. The second-order valence-corrected chi connectivity index (χ2v) is 8.29. The van der Waals surface area contributed by atoms with Gasteiger partial charge in [-0.15, -0.1) is 0 Å². The fraction of sp³-hybridized carbons (Fsp3) is 0.389. The van der Waals surface area contributed by atoms with Gasteiger partial charge < -0.3 is 10.1 Å². The number of aldehydes is 1. The predicted molar refractivity (Wildman–Crippen MR) is 101 cm³/mol. The Morgan fingerprint density at radius 3 is 2.37 bits per heavy atom. The first-order chi connectivity index (χ1) is 12.6. The summed E-state index contributed by atoms with van der Waals surface area (Å²) in [5, 5.41) is 9.49. The smallest absolute Gasteiger partial charge is 0.241 e. The number of aromatic amines is 1. The van der Waals surface area contributed by atoms with Crippen LogP contribution in [0.4, 0.5) is 0 Å². The van der Waals surface area contributed by atoms with Crippen LogP contribution in [0.15, 0.2) is 29.2 Å². The van der Waals surface area contributed by atoms with Crippen LogP contribution < -0.4 is 10.0 Å². The number of amides is 1. The van der Waals surface area contributed by atoms with Crippen LogP contribution in [0.25, 0.3) is 0 Å². The zero-order chi connectivity index (χ0) is 20.2. The summed E-state index contributed by atoms with van der Waals surface area (Å²) in [6, 6.07) is 6.32. The third-order valence-electron chi connectivity index (χ3n) is 4.25. The van der Waals surface area contributed by atoms with Crippen molar-refractivity contribution >= 4 is 22.2 Å². The van der Waals surface area contributed by atoms with Gasteiger partial charge in [-0.25, -0.2) is 8.42 Å². The zero-order valence-electron chi connectivity index (χ0n) is 15.8. The van der Waals surface area contributed by atoms with Gasteiger partial charge in [0.05, 0.1) is 10.6 Å². The van der Waals surface area contributed by atoms with Gasteiger partial charge in [-0.1, -0.05) is 12.1 Å². The Morgan fingerprint density at radius 2 is 1.89 bits per heavy atom. The van der Waals surface area contributed by atoms with Gasteiger partial charge >= 0.3 is 0 Å². The Kier molecular flexibility index (Phi) is 6.17. The van der Waals surface area contributed by atoms with Gasteiger partial charge in [0.15, 0.2) is 0 Å². The molecule has 0 fully saturated rings. The van der Waals surface area contributed by atoms with Crippen molar-refractivity contribution in [1.82, 2.24) is 20.2 Å². The van der Waals surface area contributed by atoms with Crippen LogP contribution >= 0.6 is 0 Å². The van der Waals surface area contributed by atoms with E-state index in [-0.39, 0.29) is 10.8 Å². The van der Waals surface area contributed by atoms with Crippen LogP contribution in [0.1, 0.15) is 36.4 Å². The van der Waals surface area contributed by atoms with Crippen LogP contribution in [-0.2, 0) is 31.6 Å². The van der Waals surface area contributed by atoms with Crippen molar-refractivity contribution < 1.29 is 18.0 Å². The molecule has 0 saturated heterocycles. The Bertz CT molecular complexity index is 915. The molecule has 0 aliphatic carbocycles. The summed E-state index contributed by atoms with van der Waals surface area (Å²) in [7, 11) is -3.93. The van der Waals surface area contributed by atoms with Crippen molar-refractivity contribution in [2.45, 2.75) is 44.6 Å². The van der Waals surface area contributed by atoms with Crippen LogP contribution in [0.3, 0.4) is 0 Å². The minimum atomic E-state index is -3.93. The summed E-state index contributed by atoms with van der Waals surface area (Å²) in [4.78, 5) is 22.7. The lowest BCUT2D eigenvalue weighted by molar-refractivity contribution is -0.119. The molecule has 1 aromatic carbocycles. The maximum atomic E-state index is 12.8. The number of nitrogens with zero attached hydrogens (tertiary/aromatic N) is 1. The van der Waals surface area contributed by atoms with Crippen LogP contribution in [0, 0.1) is 13.8 Å². The highest BCUT2D eigenvalue weighted by atomic mass is 32.2. The average Bonchev–Trinajstić information content (AvgIpc) is 2.94. The molecular formula is C18H24N4O4S. The van der Waals surface area contributed by atoms with E-state index >= 15 is 0 Å². The van der Waals surface area contributed by atoms with Crippen LogP contribution in [0.2, 0.25) is 0 Å². The van der Waals surface area contributed by atoms with E-state index in [1.54, 1.807) is 26.0 Å². The van der Waals surface area contributed by atoms with E-state index in [2.05, 4.69) is 20.2 Å². The van der Waals surface area contributed by atoms with Crippen molar-refractivity contribution in [3.05, 3.63) is 46.8 Å². The fourth-order valence-corrected chi connectivity index (χ4v) is 4.33. The Balaban J connectivity index is 2.22. The minimum Gasteiger partial charge on any atom is -0.356 e. The van der Waals surface area contributed by atoms with E-state index in [0.29, 0.717) is 36.2 Å². The minimum absolute atomic E-state index is 0.0534. The first-order valence-corrected chi connectivity index (χ1v) is 9.93. The molecule has 0 saturated carbocycles. The maximum Gasteiger partial charge on any atom is 0.241 e. The molecule has 0 bridgehead atoms. The average molecular weight is 392 g/mol. The van der Waals surface area contributed by atoms with Gasteiger partial charge in [0, 0.05) is 24.7 Å². The molecule has 1 aromatic heterocycles. The van der Waals surface area contributed by atoms with Crippen LogP contribution in [0.5, 0.6) is 0 Å². The second-order valence-electron chi connectivity index (χ2n) is 6.61. The number of H-pyrrole nitrogens is 1. The van der Waals surface area contributed by atoms with Crippen molar-refractivity contribution in [1.29, 1.82) is 0 Å². The Morgan fingerprint density at radius 1 is 1.26 bits per heavy atom. The number of nitrogens with one attached hydrogen (secondary N) is 3. The zero-order valence-corrected chi connectivity index (χ0v) is 16.6. The van der Waals surface area contributed by atoms with Crippen molar-refractivity contribution in [3.63, 3.8) is 0 Å². The number of hydrogen-bond acceptors (Lipinski definition) is 5. The molecule has 2 aromatic rings. The maximum absolute atomic E-state index is 12.8. The summed E-state index contributed by atoms with van der Waals surface area (Å²) in [6.07, 6.45) is 1.16. The van der Waals surface area contributed by atoms with E-state index in [0.717, 1.165) is 5.56 Å². The van der Waals surface area contributed by atoms with Gasteiger partial charge in [0.25, 0.3) is 0 Å².